The van der Waals surface area contributed by atoms with Crippen molar-refractivity contribution in [2.75, 3.05) is 0 Å². The predicted molar refractivity (Wildman–Crippen MR) is 67.5 cm³/mol. The van der Waals surface area contributed by atoms with Gasteiger partial charge in [0.1, 0.15) is 0 Å². The van der Waals surface area contributed by atoms with Crippen molar-refractivity contribution in [2.45, 2.75) is 38.1 Å². The maximum absolute atomic E-state index is 6.23. The van der Waals surface area contributed by atoms with E-state index >= 15 is 0 Å². The molecule has 1 aromatic carbocycles. The Morgan fingerprint density at radius 3 is 2.69 bits per heavy atom. The van der Waals surface area contributed by atoms with Gasteiger partial charge in [-0.1, -0.05) is 32.0 Å². The van der Waals surface area contributed by atoms with E-state index in [2.05, 4.69) is 43.1 Å². The summed E-state index contributed by atoms with van der Waals surface area (Å²) in [7, 11) is 0. The van der Waals surface area contributed by atoms with Crippen molar-refractivity contribution in [1.29, 1.82) is 0 Å². The molecule has 1 aromatic heterocycles. The molecule has 84 valence electrons. The number of aromatic amines is 1. The number of H-pyrrole nitrogens is 1. The van der Waals surface area contributed by atoms with Crippen LogP contribution in [0.2, 0.25) is 0 Å². The van der Waals surface area contributed by atoms with E-state index in [1.807, 2.05) is 0 Å². The molecule has 1 aliphatic carbocycles. The Hall–Kier alpha value is -1.28. The van der Waals surface area contributed by atoms with Crippen LogP contribution < -0.4 is 5.73 Å². The summed E-state index contributed by atoms with van der Waals surface area (Å²) in [6.07, 6.45) is 2.22. The highest BCUT2D eigenvalue weighted by Gasteiger charge is 2.41. The van der Waals surface area contributed by atoms with Crippen molar-refractivity contribution in [3.63, 3.8) is 0 Å². The topological polar surface area (TPSA) is 41.8 Å². The van der Waals surface area contributed by atoms with Crippen molar-refractivity contribution >= 4 is 10.9 Å². The SMILES string of the molecule is CC(C)c1cccc2cc(C3(N)CC3)[nH]c12. The average Bonchev–Trinajstić information content (AvgIpc) is 2.85. The number of benzene rings is 1. The Morgan fingerprint density at radius 2 is 2.06 bits per heavy atom. The quantitative estimate of drug-likeness (QED) is 0.791. The van der Waals surface area contributed by atoms with Crippen molar-refractivity contribution < 1.29 is 0 Å². The highest BCUT2D eigenvalue weighted by atomic mass is 14.9. The predicted octanol–water partition coefficient (Wildman–Crippen LogP) is 3.24. The lowest BCUT2D eigenvalue weighted by Crippen LogP contribution is -2.18. The summed E-state index contributed by atoms with van der Waals surface area (Å²) in [4.78, 5) is 3.52. The van der Waals surface area contributed by atoms with Gasteiger partial charge in [0.05, 0.1) is 5.54 Å². The van der Waals surface area contributed by atoms with Crippen molar-refractivity contribution in [2.24, 2.45) is 5.73 Å². The standard InChI is InChI=1S/C14H18N2/c1-9(2)11-5-3-4-10-8-12(16-13(10)11)14(15)6-7-14/h3-5,8-9,16H,6-7,15H2,1-2H3. The van der Waals surface area contributed by atoms with Gasteiger partial charge in [0.15, 0.2) is 0 Å². The smallest absolute Gasteiger partial charge is 0.0563 e. The first-order chi connectivity index (χ1) is 7.60. The largest absolute Gasteiger partial charge is 0.357 e. The molecule has 3 rings (SSSR count). The van der Waals surface area contributed by atoms with Crippen molar-refractivity contribution in [1.82, 2.24) is 4.98 Å². The van der Waals surface area contributed by atoms with E-state index in [1.165, 1.54) is 22.2 Å². The van der Waals surface area contributed by atoms with Crippen LogP contribution in [0, 0.1) is 0 Å². The molecule has 16 heavy (non-hydrogen) atoms. The van der Waals surface area contributed by atoms with Gasteiger partial charge in [-0.2, -0.15) is 0 Å². The summed E-state index contributed by atoms with van der Waals surface area (Å²) in [6, 6.07) is 8.70. The molecule has 2 heteroatoms. The molecule has 1 aliphatic rings. The summed E-state index contributed by atoms with van der Waals surface area (Å²) in [5.41, 5.74) is 10.0. The third-order valence-corrected chi connectivity index (χ3v) is 3.64. The summed E-state index contributed by atoms with van der Waals surface area (Å²) in [5.74, 6) is 0.545. The van der Waals surface area contributed by atoms with Crippen LogP contribution in [0.25, 0.3) is 10.9 Å². The second kappa shape index (κ2) is 3.11. The van der Waals surface area contributed by atoms with Crippen molar-refractivity contribution in [3.05, 3.63) is 35.5 Å². The van der Waals surface area contributed by atoms with Gasteiger partial charge < -0.3 is 10.7 Å². The maximum atomic E-state index is 6.23. The summed E-state index contributed by atoms with van der Waals surface area (Å²) in [6.45, 7) is 4.45. The molecule has 1 heterocycles. The number of nitrogens with two attached hydrogens (primary N) is 1. The number of rotatable bonds is 2. The minimum absolute atomic E-state index is 0.0622. The van der Waals surface area contributed by atoms with E-state index in [0.717, 1.165) is 12.8 Å². The van der Waals surface area contributed by atoms with Crippen LogP contribution in [-0.2, 0) is 5.54 Å². The zero-order valence-electron chi connectivity index (χ0n) is 9.88. The third kappa shape index (κ3) is 1.37. The number of nitrogens with one attached hydrogen (secondary N) is 1. The molecule has 1 saturated carbocycles. The number of hydrogen-bond donors (Lipinski definition) is 2. The molecule has 0 amide bonds. The minimum Gasteiger partial charge on any atom is -0.357 e. The Balaban J connectivity index is 2.20. The minimum atomic E-state index is -0.0622. The monoisotopic (exact) mass is 214 g/mol. The van der Waals surface area contributed by atoms with Gasteiger partial charge in [-0.15, -0.1) is 0 Å². The zero-order chi connectivity index (χ0) is 11.3. The molecule has 0 unspecified atom stereocenters. The number of aromatic nitrogens is 1. The average molecular weight is 214 g/mol. The molecule has 1 fully saturated rings. The molecule has 0 radical (unpaired) electrons. The molecular weight excluding hydrogens is 196 g/mol. The zero-order valence-corrected chi connectivity index (χ0v) is 9.88. The summed E-state index contributed by atoms with van der Waals surface area (Å²) >= 11 is 0. The molecule has 0 saturated heterocycles. The van der Waals surface area contributed by atoms with Gasteiger partial charge in [0, 0.05) is 16.6 Å². The highest BCUT2D eigenvalue weighted by molar-refractivity contribution is 5.84. The second-order valence-electron chi connectivity index (χ2n) is 5.31. The number of fused-ring (bicyclic) bond motifs is 1. The van der Waals surface area contributed by atoms with Gasteiger partial charge in [0.2, 0.25) is 0 Å². The molecule has 0 atom stereocenters. The molecule has 2 aromatic rings. The molecule has 0 bridgehead atoms. The lowest BCUT2D eigenvalue weighted by Gasteiger charge is -2.07. The fraction of sp³-hybridized carbons (Fsp3) is 0.429. The third-order valence-electron chi connectivity index (χ3n) is 3.64. The number of hydrogen-bond acceptors (Lipinski definition) is 1. The summed E-state index contributed by atoms with van der Waals surface area (Å²) in [5, 5.41) is 1.29. The van der Waals surface area contributed by atoms with E-state index in [4.69, 9.17) is 5.73 Å². The molecule has 2 nitrogen and oxygen atoms in total. The Morgan fingerprint density at radius 1 is 1.31 bits per heavy atom. The lowest BCUT2D eigenvalue weighted by atomic mass is 10.0. The number of para-hydroxylation sites is 1. The first-order valence-corrected chi connectivity index (χ1v) is 6.01. The van der Waals surface area contributed by atoms with Crippen LogP contribution in [-0.4, -0.2) is 4.98 Å². The van der Waals surface area contributed by atoms with E-state index in [1.54, 1.807) is 0 Å². The van der Waals surface area contributed by atoms with E-state index in [0.29, 0.717) is 5.92 Å². The van der Waals surface area contributed by atoms with E-state index in [9.17, 15) is 0 Å². The summed E-state index contributed by atoms with van der Waals surface area (Å²) < 4.78 is 0. The van der Waals surface area contributed by atoms with E-state index < -0.39 is 0 Å². The van der Waals surface area contributed by atoms with E-state index in [-0.39, 0.29) is 5.54 Å². The molecule has 0 aliphatic heterocycles. The Labute approximate surface area is 95.8 Å². The van der Waals surface area contributed by atoms with Crippen LogP contribution in [0.4, 0.5) is 0 Å². The van der Waals surface area contributed by atoms with Gasteiger partial charge in [-0.05, 0) is 30.4 Å². The second-order valence-corrected chi connectivity index (χ2v) is 5.31. The normalized spacial score (nSPS) is 18.2. The first kappa shape index (κ1) is 9.91. The molecule has 0 spiro atoms. The first-order valence-electron chi connectivity index (χ1n) is 6.01. The van der Waals surface area contributed by atoms with Crippen molar-refractivity contribution in [3.8, 4) is 0 Å². The van der Waals surface area contributed by atoms with Gasteiger partial charge >= 0.3 is 0 Å². The van der Waals surface area contributed by atoms with Crippen LogP contribution in [0.15, 0.2) is 24.3 Å². The molecular formula is C14H18N2. The van der Waals surface area contributed by atoms with Gasteiger partial charge in [0.25, 0.3) is 0 Å². The van der Waals surface area contributed by atoms with Crippen LogP contribution >= 0.6 is 0 Å². The van der Waals surface area contributed by atoms with Crippen LogP contribution in [0.1, 0.15) is 43.9 Å². The lowest BCUT2D eigenvalue weighted by molar-refractivity contribution is 0.716. The van der Waals surface area contributed by atoms with Crippen LogP contribution in [0.3, 0.4) is 0 Å². The fourth-order valence-corrected chi connectivity index (χ4v) is 2.33. The van der Waals surface area contributed by atoms with Gasteiger partial charge in [-0.25, -0.2) is 0 Å². The fourth-order valence-electron chi connectivity index (χ4n) is 2.33. The van der Waals surface area contributed by atoms with Gasteiger partial charge in [-0.3, -0.25) is 0 Å². The molecule has 3 N–H and O–H groups in total. The maximum Gasteiger partial charge on any atom is 0.0563 e. The highest BCUT2D eigenvalue weighted by Crippen LogP contribution is 2.43. The Bertz CT molecular complexity index is 533. The Kier molecular flexibility index (Phi) is 1.93. The van der Waals surface area contributed by atoms with Crippen LogP contribution in [0.5, 0.6) is 0 Å².